The highest BCUT2D eigenvalue weighted by molar-refractivity contribution is 5.91. The minimum absolute atomic E-state index is 0.188. The van der Waals surface area contributed by atoms with Crippen molar-refractivity contribution < 1.29 is 27.9 Å². The molecule has 0 aliphatic carbocycles. The monoisotopic (exact) mass is 389 g/mol. The maximum absolute atomic E-state index is 13.3. The number of carbonyl (C=O) groups excluding carboxylic acids is 1. The van der Waals surface area contributed by atoms with Crippen molar-refractivity contribution in [3.63, 3.8) is 0 Å². The average molecular weight is 389 g/mol. The molecule has 0 radical (unpaired) electrons. The quantitative estimate of drug-likeness (QED) is 0.845. The van der Waals surface area contributed by atoms with Gasteiger partial charge < -0.3 is 19.7 Å². The van der Waals surface area contributed by atoms with E-state index in [1.807, 2.05) is 18.2 Å². The normalized spacial score (nSPS) is 21.2. The van der Waals surface area contributed by atoms with E-state index in [0.29, 0.717) is 13.2 Å². The van der Waals surface area contributed by atoms with E-state index < -0.39 is 11.6 Å². The molecule has 2 heterocycles. The Kier molecular flexibility index (Phi) is 5.43. The zero-order valence-electron chi connectivity index (χ0n) is 15.5. The van der Waals surface area contributed by atoms with Crippen LogP contribution in [0.15, 0.2) is 36.4 Å². The molecule has 28 heavy (non-hydrogen) atoms. The summed E-state index contributed by atoms with van der Waals surface area (Å²) in [4.78, 5) is 13.6. The number of benzene rings is 2. The van der Waals surface area contributed by atoms with Crippen molar-refractivity contribution in [3.8, 4) is 11.5 Å². The first-order valence-corrected chi connectivity index (χ1v) is 9.59. The summed E-state index contributed by atoms with van der Waals surface area (Å²) in [6.07, 6.45) is 2.86. The fourth-order valence-electron chi connectivity index (χ4n) is 3.91. The number of ether oxygens (including phenoxy) is 2. The topological polar surface area (TPSA) is 52.0 Å². The number of fused-ring (bicyclic) bond motifs is 1. The van der Waals surface area contributed by atoms with Crippen molar-refractivity contribution in [1.82, 2.24) is 0 Å². The first-order valence-electron chi connectivity index (χ1n) is 9.59. The van der Waals surface area contributed by atoms with Crippen molar-refractivity contribution in [2.75, 3.05) is 31.6 Å². The minimum Gasteiger partial charge on any atom is -0.490 e. The third-order valence-corrected chi connectivity index (χ3v) is 5.25. The van der Waals surface area contributed by atoms with E-state index in [0.717, 1.165) is 59.9 Å². The summed E-state index contributed by atoms with van der Waals surface area (Å²) in [6, 6.07) is 9.54. The van der Waals surface area contributed by atoms with Gasteiger partial charge in [-0.05, 0) is 30.3 Å². The van der Waals surface area contributed by atoms with Crippen LogP contribution in [0.25, 0.3) is 0 Å². The Labute approximate surface area is 162 Å². The number of anilines is 1. The Bertz CT molecular complexity index is 875. The first kappa shape index (κ1) is 18.7. The van der Waals surface area contributed by atoms with Crippen LogP contribution in [0, 0.1) is 11.6 Å². The molecule has 1 amide bonds. The van der Waals surface area contributed by atoms with Gasteiger partial charge in [-0.25, -0.2) is 8.78 Å². The summed E-state index contributed by atoms with van der Waals surface area (Å²) < 4.78 is 37.8. The van der Waals surface area contributed by atoms with E-state index in [1.54, 1.807) is 0 Å². The van der Waals surface area contributed by atoms with E-state index in [9.17, 15) is 13.6 Å². The second-order valence-electron chi connectivity index (χ2n) is 7.21. The second kappa shape index (κ2) is 8.14. The van der Waals surface area contributed by atoms with Crippen molar-refractivity contribution >= 4 is 11.6 Å². The summed E-state index contributed by atoms with van der Waals surface area (Å²) in [6.45, 7) is 2.42. The van der Waals surface area contributed by atoms with Crippen molar-refractivity contribution in [2.45, 2.75) is 25.3 Å². The predicted octanol–water partition coefficient (Wildman–Crippen LogP) is 2.48. The van der Waals surface area contributed by atoms with Crippen LogP contribution in [-0.2, 0) is 4.79 Å². The molecule has 1 unspecified atom stereocenters. The number of likely N-dealkylation sites (tertiary alicyclic amines) is 1. The highest BCUT2D eigenvalue weighted by atomic mass is 19.2. The molecule has 0 saturated carbocycles. The minimum atomic E-state index is -0.976. The summed E-state index contributed by atoms with van der Waals surface area (Å²) in [5.74, 6) is -0.611. The van der Waals surface area contributed by atoms with Gasteiger partial charge in [-0.2, -0.15) is 0 Å². The van der Waals surface area contributed by atoms with Crippen molar-refractivity contribution in [1.29, 1.82) is 0 Å². The lowest BCUT2D eigenvalue weighted by Gasteiger charge is -2.22. The lowest BCUT2D eigenvalue weighted by atomic mass is 10.0. The Hall–Kier alpha value is -2.67. The van der Waals surface area contributed by atoms with E-state index in [4.69, 9.17) is 9.47 Å². The van der Waals surface area contributed by atoms with Crippen LogP contribution in [0.5, 0.6) is 11.5 Å². The van der Waals surface area contributed by atoms with E-state index in [-0.39, 0.29) is 24.2 Å². The molecule has 1 fully saturated rings. The van der Waals surface area contributed by atoms with Crippen LogP contribution >= 0.6 is 0 Å². The van der Waals surface area contributed by atoms with Crippen LogP contribution in [0.4, 0.5) is 14.5 Å². The number of nitrogens with one attached hydrogen (secondary N) is 2. The van der Waals surface area contributed by atoms with Gasteiger partial charge in [0.1, 0.15) is 6.04 Å². The Morgan fingerprint density at radius 3 is 2.68 bits per heavy atom. The average Bonchev–Trinajstić information content (AvgIpc) is 3.00. The molecule has 2 aliphatic heterocycles. The van der Waals surface area contributed by atoms with E-state index >= 15 is 0 Å². The Morgan fingerprint density at radius 2 is 1.86 bits per heavy atom. The third-order valence-electron chi connectivity index (χ3n) is 5.25. The molecule has 2 aliphatic rings. The summed E-state index contributed by atoms with van der Waals surface area (Å²) in [5, 5.41) is 2.66. The number of carbonyl (C=O) groups is 1. The number of halogens is 2. The van der Waals surface area contributed by atoms with Crippen LogP contribution < -0.4 is 19.7 Å². The first-order chi connectivity index (χ1) is 13.6. The lowest BCUT2D eigenvalue weighted by Crippen LogP contribution is -3.11. The summed E-state index contributed by atoms with van der Waals surface area (Å²) in [7, 11) is 0. The molecule has 4 rings (SSSR count). The van der Waals surface area contributed by atoms with Gasteiger partial charge in [0.2, 0.25) is 0 Å². The smallest absolute Gasteiger partial charge is 0.279 e. The zero-order valence-corrected chi connectivity index (χ0v) is 15.5. The fourth-order valence-corrected chi connectivity index (χ4v) is 3.91. The van der Waals surface area contributed by atoms with E-state index in [1.165, 1.54) is 6.07 Å². The van der Waals surface area contributed by atoms with Gasteiger partial charge in [-0.3, -0.25) is 4.79 Å². The van der Waals surface area contributed by atoms with Crippen LogP contribution in [0.3, 0.4) is 0 Å². The molecule has 2 aromatic carbocycles. The number of amides is 1. The van der Waals surface area contributed by atoms with Crippen LogP contribution in [0.2, 0.25) is 0 Å². The van der Waals surface area contributed by atoms with Crippen molar-refractivity contribution in [2.24, 2.45) is 0 Å². The van der Waals surface area contributed by atoms with Gasteiger partial charge in [0.05, 0.1) is 19.8 Å². The molecule has 5 nitrogen and oxygen atoms in total. The lowest BCUT2D eigenvalue weighted by molar-refractivity contribution is -0.910. The molecule has 0 bridgehead atoms. The second-order valence-corrected chi connectivity index (χ2v) is 7.21. The van der Waals surface area contributed by atoms with Gasteiger partial charge in [-0.15, -0.1) is 0 Å². The molecule has 2 N–H and O–H groups in total. The fraction of sp³-hybridized carbons (Fsp3) is 0.381. The Morgan fingerprint density at radius 1 is 1.04 bits per heavy atom. The van der Waals surface area contributed by atoms with E-state index in [2.05, 4.69) is 5.32 Å². The molecule has 7 heteroatoms. The van der Waals surface area contributed by atoms with Crippen LogP contribution in [0.1, 0.15) is 30.9 Å². The highest BCUT2D eigenvalue weighted by Gasteiger charge is 2.32. The number of quaternary nitrogens is 1. The van der Waals surface area contributed by atoms with Gasteiger partial charge in [0, 0.05) is 36.6 Å². The van der Waals surface area contributed by atoms with Crippen molar-refractivity contribution in [3.05, 3.63) is 53.6 Å². The number of hydrogen-bond acceptors (Lipinski definition) is 3. The van der Waals surface area contributed by atoms with Gasteiger partial charge in [0.25, 0.3) is 5.91 Å². The number of rotatable bonds is 4. The SMILES string of the molecule is O=C(C[NH+]1CCC[C@@H]1c1ccc2c(c1)OCCCO2)Nc1ccc(F)c(F)c1. The molecule has 0 spiro atoms. The van der Waals surface area contributed by atoms with Gasteiger partial charge in [0.15, 0.2) is 29.7 Å². The predicted molar refractivity (Wildman–Crippen MR) is 99.7 cm³/mol. The largest absolute Gasteiger partial charge is 0.490 e. The summed E-state index contributed by atoms with van der Waals surface area (Å²) >= 11 is 0. The van der Waals surface area contributed by atoms with Crippen LogP contribution in [-0.4, -0.2) is 32.2 Å². The van der Waals surface area contributed by atoms with Gasteiger partial charge in [-0.1, -0.05) is 0 Å². The molecule has 1 saturated heterocycles. The van der Waals surface area contributed by atoms with Gasteiger partial charge >= 0.3 is 0 Å². The molecule has 148 valence electrons. The maximum Gasteiger partial charge on any atom is 0.279 e. The molecular formula is C21H23F2N2O3+. The molecular weight excluding hydrogens is 366 g/mol. The molecule has 0 aromatic heterocycles. The standard InChI is InChI=1S/C21H22F2N2O3/c22-16-6-5-15(12-17(16)23)24-21(26)13-25-8-1-3-18(25)14-4-7-19-20(11-14)28-10-2-9-27-19/h4-7,11-12,18H,1-3,8-10,13H2,(H,24,26)/p+1/t18-/m1/s1. The Balaban J connectivity index is 1.44. The zero-order chi connectivity index (χ0) is 19.5. The number of hydrogen-bond donors (Lipinski definition) is 2. The maximum atomic E-state index is 13.3. The third kappa shape index (κ3) is 4.09. The molecule has 2 aromatic rings. The molecule has 2 atom stereocenters. The highest BCUT2D eigenvalue weighted by Crippen LogP contribution is 2.33. The summed E-state index contributed by atoms with van der Waals surface area (Å²) in [5.41, 5.74) is 1.38.